The van der Waals surface area contributed by atoms with E-state index in [0.717, 1.165) is 34.4 Å². The van der Waals surface area contributed by atoms with Crippen LogP contribution in [0.25, 0.3) is 10.9 Å². The Morgan fingerprint density at radius 2 is 2.00 bits per heavy atom. The van der Waals surface area contributed by atoms with Crippen LogP contribution >= 0.6 is 15.9 Å². The van der Waals surface area contributed by atoms with E-state index in [1.165, 1.54) is 32.1 Å². The van der Waals surface area contributed by atoms with Crippen molar-refractivity contribution in [2.24, 2.45) is 5.92 Å². The average molecular weight is 392 g/mol. The summed E-state index contributed by atoms with van der Waals surface area (Å²) >= 11 is 3.49. The van der Waals surface area contributed by atoms with E-state index in [-0.39, 0.29) is 5.91 Å². The number of fused-ring (bicyclic) bond motifs is 1. The summed E-state index contributed by atoms with van der Waals surface area (Å²) in [5, 5.41) is 7.64. The maximum absolute atomic E-state index is 12.1. The second-order valence-corrected chi connectivity index (χ2v) is 7.62. The minimum atomic E-state index is 0.0620. The lowest BCUT2D eigenvalue weighted by Crippen LogP contribution is -2.35. The van der Waals surface area contributed by atoms with Gasteiger partial charge in [-0.2, -0.15) is 0 Å². The molecule has 5 heteroatoms. The van der Waals surface area contributed by atoms with E-state index in [0.29, 0.717) is 13.1 Å². The molecule has 1 aromatic heterocycles. The van der Waals surface area contributed by atoms with E-state index in [2.05, 4.69) is 32.6 Å². The number of rotatable bonds is 7. The summed E-state index contributed by atoms with van der Waals surface area (Å²) in [7, 11) is 0. The Bertz CT molecular complexity index is 676. The standard InChI is InChI=1S/C19H26BrN3O/c20-17-7-6-16-8-11-23(18(16)12-17)14-19(24)22-10-9-21-13-15-4-2-1-3-5-15/h6-8,11-12,15,21H,1-5,9-10,13-14H2,(H,22,24). The van der Waals surface area contributed by atoms with E-state index >= 15 is 0 Å². The van der Waals surface area contributed by atoms with Gasteiger partial charge in [0.2, 0.25) is 5.91 Å². The largest absolute Gasteiger partial charge is 0.353 e. The maximum Gasteiger partial charge on any atom is 0.239 e. The van der Waals surface area contributed by atoms with Crippen molar-refractivity contribution in [3.05, 3.63) is 34.9 Å². The third-order valence-corrected chi connectivity index (χ3v) is 5.32. The summed E-state index contributed by atoms with van der Waals surface area (Å²) in [5.41, 5.74) is 1.08. The van der Waals surface area contributed by atoms with Gasteiger partial charge in [-0.05, 0) is 48.9 Å². The summed E-state index contributed by atoms with van der Waals surface area (Å²) in [4.78, 5) is 12.1. The fourth-order valence-corrected chi connectivity index (χ4v) is 3.84. The number of halogens is 1. The summed E-state index contributed by atoms with van der Waals surface area (Å²) in [5.74, 6) is 0.895. The van der Waals surface area contributed by atoms with E-state index in [4.69, 9.17) is 0 Å². The van der Waals surface area contributed by atoms with Crippen molar-refractivity contribution < 1.29 is 4.79 Å². The third-order valence-electron chi connectivity index (χ3n) is 4.83. The normalized spacial score (nSPS) is 15.7. The molecule has 3 rings (SSSR count). The molecule has 0 bridgehead atoms. The molecule has 0 radical (unpaired) electrons. The Balaban J connectivity index is 1.38. The van der Waals surface area contributed by atoms with Crippen LogP contribution in [0.5, 0.6) is 0 Å². The van der Waals surface area contributed by atoms with Gasteiger partial charge in [0.25, 0.3) is 0 Å². The molecule has 24 heavy (non-hydrogen) atoms. The topological polar surface area (TPSA) is 46.1 Å². The van der Waals surface area contributed by atoms with Gasteiger partial charge in [-0.15, -0.1) is 0 Å². The summed E-state index contributed by atoms with van der Waals surface area (Å²) in [6, 6.07) is 8.17. The molecule has 0 unspecified atom stereocenters. The molecule has 1 aromatic carbocycles. The number of nitrogens with one attached hydrogen (secondary N) is 2. The van der Waals surface area contributed by atoms with Gasteiger partial charge in [0.05, 0.1) is 0 Å². The molecule has 2 aromatic rings. The van der Waals surface area contributed by atoms with Crippen LogP contribution in [0.2, 0.25) is 0 Å². The lowest BCUT2D eigenvalue weighted by Gasteiger charge is -2.21. The second-order valence-electron chi connectivity index (χ2n) is 6.70. The highest BCUT2D eigenvalue weighted by atomic mass is 79.9. The van der Waals surface area contributed by atoms with Crippen LogP contribution in [0.4, 0.5) is 0 Å². The summed E-state index contributed by atoms with van der Waals surface area (Å²) in [6.07, 6.45) is 8.84. The first kappa shape index (κ1) is 17.5. The van der Waals surface area contributed by atoms with E-state index in [1.54, 1.807) is 0 Å². The predicted octanol–water partition coefficient (Wildman–Crippen LogP) is 3.69. The molecule has 1 aliphatic carbocycles. The molecule has 1 heterocycles. The Morgan fingerprint density at radius 1 is 1.17 bits per heavy atom. The third kappa shape index (κ3) is 4.84. The zero-order valence-corrected chi connectivity index (χ0v) is 15.6. The molecule has 1 saturated carbocycles. The number of amides is 1. The van der Waals surface area contributed by atoms with E-state index < -0.39 is 0 Å². The van der Waals surface area contributed by atoms with Gasteiger partial charge in [-0.3, -0.25) is 4.79 Å². The molecular weight excluding hydrogens is 366 g/mol. The van der Waals surface area contributed by atoms with Crippen molar-refractivity contribution in [2.75, 3.05) is 19.6 Å². The first-order valence-corrected chi connectivity index (χ1v) is 9.73. The molecule has 0 spiro atoms. The number of carbonyl (C=O) groups excluding carboxylic acids is 1. The summed E-state index contributed by atoms with van der Waals surface area (Å²) < 4.78 is 3.02. The van der Waals surface area contributed by atoms with Gasteiger partial charge in [0.15, 0.2) is 0 Å². The molecule has 0 saturated heterocycles. The Labute approximate surface area is 152 Å². The van der Waals surface area contributed by atoms with Crippen LogP contribution in [0.1, 0.15) is 32.1 Å². The monoisotopic (exact) mass is 391 g/mol. The fourth-order valence-electron chi connectivity index (χ4n) is 3.49. The average Bonchev–Trinajstić information content (AvgIpc) is 2.97. The Hall–Kier alpha value is -1.33. The van der Waals surface area contributed by atoms with Crippen molar-refractivity contribution in [3.8, 4) is 0 Å². The van der Waals surface area contributed by atoms with Crippen molar-refractivity contribution in [1.29, 1.82) is 0 Å². The van der Waals surface area contributed by atoms with Gasteiger partial charge in [-0.25, -0.2) is 0 Å². The zero-order valence-electron chi connectivity index (χ0n) is 14.1. The highest BCUT2D eigenvalue weighted by molar-refractivity contribution is 9.10. The highest BCUT2D eigenvalue weighted by Crippen LogP contribution is 2.22. The van der Waals surface area contributed by atoms with Gasteiger partial charge >= 0.3 is 0 Å². The molecule has 1 fully saturated rings. The maximum atomic E-state index is 12.1. The molecule has 0 aliphatic heterocycles. The molecule has 1 amide bonds. The molecular formula is C19H26BrN3O. The van der Waals surface area contributed by atoms with E-state index in [9.17, 15) is 4.79 Å². The van der Waals surface area contributed by atoms with Crippen LogP contribution in [0.3, 0.4) is 0 Å². The van der Waals surface area contributed by atoms with Gasteiger partial charge in [-0.1, -0.05) is 41.3 Å². The lowest BCUT2D eigenvalue weighted by molar-refractivity contribution is -0.121. The summed E-state index contributed by atoms with van der Waals surface area (Å²) in [6.45, 7) is 2.99. The van der Waals surface area contributed by atoms with Gasteiger partial charge < -0.3 is 15.2 Å². The second kappa shape index (κ2) is 8.67. The molecule has 0 atom stereocenters. The minimum absolute atomic E-state index is 0.0620. The van der Waals surface area contributed by atoms with Gasteiger partial charge in [0, 0.05) is 29.3 Å². The fraction of sp³-hybridized carbons (Fsp3) is 0.526. The van der Waals surface area contributed by atoms with Crippen LogP contribution in [0, 0.1) is 5.92 Å². The van der Waals surface area contributed by atoms with Crippen molar-refractivity contribution in [1.82, 2.24) is 15.2 Å². The van der Waals surface area contributed by atoms with E-state index in [1.807, 2.05) is 29.0 Å². The molecule has 2 N–H and O–H groups in total. The molecule has 130 valence electrons. The van der Waals surface area contributed by atoms with Crippen molar-refractivity contribution in [2.45, 2.75) is 38.6 Å². The number of aromatic nitrogens is 1. The number of carbonyl (C=O) groups is 1. The SMILES string of the molecule is O=C(Cn1ccc2ccc(Br)cc21)NCCNCC1CCCCC1. The van der Waals surface area contributed by atoms with Crippen LogP contribution in [-0.4, -0.2) is 30.1 Å². The number of hydrogen-bond acceptors (Lipinski definition) is 2. The first-order valence-electron chi connectivity index (χ1n) is 8.94. The predicted molar refractivity (Wildman–Crippen MR) is 102 cm³/mol. The van der Waals surface area contributed by atoms with Crippen LogP contribution < -0.4 is 10.6 Å². The number of benzene rings is 1. The Morgan fingerprint density at radius 3 is 2.83 bits per heavy atom. The molecule has 4 nitrogen and oxygen atoms in total. The number of nitrogens with zero attached hydrogens (tertiary/aromatic N) is 1. The van der Waals surface area contributed by atoms with Crippen molar-refractivity contribution in [3.63, 3.8) is 0 Å². The van der Waals surface area contributed by atoms with Crippen LogP contribution in [-0.2, 0) is 11.3 Å². The quantitative estimate of drug-likeness (QED) is 0.706. The van der Waals surface area contributed by atoms with Crippen molar-refractivity contribution >= 4 is 32.7 Å². The number of hydrogen-bond donors (Lipinski definition) is 2. The molecule has 1 aliphatic rings. The highest BCUT2D eigenvalue weighted by Gasteiger charge is 2.12. The lowest BCUT2D eigenvalue weighted by atomic mass is 9.89. The smallest absolute Gasteiger partial charge is 0.239 e. The Kier molecular flexibility index (Phi) is 6.32. The van der Waals surface area contributed by atoms with Crippen LogP contribution in [0.15, 0.2) is 34.9 Å². The van der Waals surface area contributed by atoms with Gasteiger partial charge in [0.1, 0.15) is 6.54 Å². The first-order chi connectivity index (χ1) is 11.7. The zero-order chi connectivity index (χ0) is 16.8. The minimum Gasteiger partial charge on any atom is -0.353 e.